The van der Waals surface area contributed by atoms with Gasteiger partial charge in [-0.05, 0) is 58.1 Å². The first-order valence-electron chi connectivity index (χ1n) is 8.10. The highest BCUT2D eigenvalue weighted by Gasteiger charge is 2.18. The maximum absolute atomic E-state index is 12.0. The Hall–Kier alpha value is -1.82. The molecule has 1 amide bonds. The Morgan fingerprint density at radius 2 is 1.83 bits per heavy atom. The van der Waals surface area contributed by atoms with Gasteiger partial charge in [0.2, 0.25) is 0 Å². The summed E-state index contributed by atoms with van der Waals surface area (Å²) in [7, 11) is -3.88. The lowest BCUT2D eigenvalue weighted by atomic mass is 10.0. The fourth-order valence-electron chi connectivity index (χ4n) is 2.07. The molecule has 0 radical (unpaired) electrons. The van der Waals surface area contributed by atoms with E-state index >= 15 is 0 Å². The fraction of sp³-hybridized carbons (Fsp3) is 0.500. The summed E-state index contributed by atoms with van der Waals surface area (Å²) >= 11 is 0. The second-order valence-electron chi connectivity index (χ2n) is 6.31. The van der Waals surface area contributed by atoms with Crippen LogP contribution in [0, 0.1) is 12.8 Å². The molecule has 1 atom stereocenters. The van der Waals surface area contributed by atoms with Crippen molar-refractivity contribution in [1.82, 2.24) is 4.72 Å². The average molecular weight is 353 g/mol. The number of carbonyl (C=O) groups is 1. The van der Waals surface area contributed by atoms with Gasteiger partial charge in [-0.15, -0.1) is 0 Å². The molecule has 0 aliphatic heterocycles. The van der Waals surface area contributed by atoms with E-state index in [0.29, 0.717) is 12.3 Å². The number of aryl methyl sites for hydroxylation is 1. The van der Waals surface area contributed by atoms with E-state index < -0.39 is 16.1 Å². The maximum atomic E-state index is 12.0. The van der Waals surface area contributed by atoms with Crippen LogP contribution in [0.5, 0.6) is 0 Å². The molecule has 0 heterocycles. The van der Waals surface area contributed by atoms with Crippen LogP contribution >= 0.6 is 0 Å². The number of hydrogen-bond donors (Lipinski definition) is 1. The molecule has 0 bridgehead atoms. The molecule has 24 heavy (non-hydrogen) atoms. The van der Waals surface area contributed by atoms with E-state index in [1.165, 1.54) is 17.7 Å². The number of ether oxygens (including phenoxy) is 1. The van der Waals surface area contributed by atoms with Gasteiger partial charge in [0.05, 0.1) is 11.5 Å². The van der Waals surface area contributed by atoms with Gasteiger partial charge in [0.1, 0.15) is 0 Å². The molecule has 1 aromatic carbocycles. The van der Waals surface area contributed by atoms with Crippen LogP contribution in [0.1, 0.15) is 45.6 Å². The number of sulfonamides is 1. The summed E-state index contributed by atoms with van der Waals surface area (Å²) in [6.07, 6.45) is 3.95. The minimum absolute atomic E-state index is 0.0418. The first-order valence-corrected chi connectivity index (χ1v) is 9.58. The Kier molecular flexibility index (Phi) is 7.98. The number of allylic oxidation sites excluding steroid dienone is 2. The van der Waals surface area contributed by atoms with Gasteiger partial charge in [-0.1, -0.05) is 36.3 Å². The first-order chi connectivity index (χ1) is 11.2. The molecular weight excluding hydrogens is 326 g/mol. The molecule has 0 fully saturated rings. The number of amides is 1. The summed E-state index contributed by atoms with van der Waals surface area (Å²) in [6.45, 7) is 8.27. The lowest BCUT2D eigenvalue weighted by molar-refractivity contribution is 0.145. The average Bonchev–Trinajstić information content (AvgIpc) is 2.46. The number of carbonyl (C=O) groups excluding carboxylic acids is 1. The number of hydrogen-bond acceptors (Lipinski definition) is 4. The first kappa shape index (κ1) is 20.2. The largest absolute Gasteiger partial charge is 0.449 e. The zero-order valence-electron chi connectivity index (χ0n) is 14.8. The second kappa shape index (κ2) is 9.47. The Bertz CT molecular complexity index is 659. The van der Waals surface area contributed by atoms with Gasteiger partial charge in [-0.25, -0.2) is 17.9 Å². The predicted octanol–water partition coefficient (Wildman–Crippen LogP) is 4.18. The molecule has 6 heteroatoms. The Labute approximate surface area is 145 Å². The third kappa shape index (κ3) is 7.64. The molecular formula is C18H27NO4S. The summed E-state index contributed by atoms with van der Waals surface area (Å²) in [4.78, 5) is 11.7. The van der Waals surface area contributed by atoms with Crippen molar-refractivity contribution >= 4 is 16.1 Å². The van der Waals surface area contributed by atoms with Crippen molar-refractivity contribution in [2.75, 3.05) is 6.61 Å². The van der Waals surface area contributed by atoms with E-state index in [2.05, 4.69) is 26.8 Å². The Morgan fingerprint density at radius 1 is 1.21 bits per heavy atom. The van der Waals surface area contributed by atoms with Gasteiger partial charge in [-0.3, -0.25) is 0 Å². The molecule has 0 saturated carbocycles. The van der Waals surface area contributed by atoms with E-state index in [9.17, 15) is 13.2 Å². The minimum atomic E-state index is -3.88. The zero-order valence-corrected chi connectivity index (χ0v) is 15.7. The fourth-order valence-corrected chi connectivity index (χ4v) is 2.96. The van der Waals surface area contributed by atoms with Crippen LogP contribution in [0.25, 0.3) is 0 Å². The van der Waals surface area contributed by atoms with Crippen molar-refractivity contribution in [3.63, 3.8) is 0 Å². The van der Waals surface area contributed by atoms with Crippen molar-refractivity contribution in [2.24, 2.45) is 5.92 Å². The Morgan fingerprint density at radius 3 is 2.42 bits per heavy atom. The SMILES string of the molecule is CC(C)=CCCC(C)CCOC(=O)NS(=O)(=O)c1ccc(C)cc1. The molecule has 1 aromatic rings. The molecule has 134 valence electrons. The van der Waals surface area contributed by atoms with E-state index in [4.69, 9.17) is 4.74 Å². The van der Waals surface area contributed by atoms with Gasteiger partial charge < -0.3 is 4.74 Å². The minimum Gasteiger partial charge on any atom is -0.449 e. The molecule has 0 saturated heterocycles. The molecule has 0 aromatic heterocycles. The topological polar surface area (TPSA) is 72.5 Å². The van der Waals surface area contributed by atoms with E-state index in [0.717, 1.165) is 18.4 Å². The monoisotopic (exact) mass is 353 g/mol. The maximum Gasteiger partial charge on any atom is 0.421 e. The molecule has 0 aliphatic rings. The van der Waals surface area contributed by atoms with Gasteiger partial charge in [-0.2, -0.15) is 0 Å². The number of benzene rings is 1. The van der Waals surface area contributed by atoms with Crippen LogP contribution in [0.4, 0.5) is 4.79 Å². The number of nitrogens with one attached hydrogen (secondary N) is 1. The van der Waals surface area contributed by atoms with Crippen molar-refractivity contribution in [1.29, 1.82) is 0 Å². The van der Waals surface area contributed by atoms with Gasteiger partial charge in [0, 0.05) is 0 Å². The molecule has 5 nitrogen and oxygen atoms in total. The van der Waals surface area contributed by atoms with Gasteiger partial charge in [0.15, 0.2) is 0 Å². The highest BCUT2D eigenvalue weighted by atomic mass is 32.2. The predicted molar refractivity (Wildman–Crippen MR) is 95.3 cm³/mol. The second-order valence-corrected chi connectivity index (χ2v) is 7.99. The summed E-state index contributed by atoms with van der Waals surface area (Å²) in [5, 5.41) is 0. The van der Waals surface area contributed by atoms with Crippen molar-refractivity contribution in [3.05, 3.63) is 41.5 Å². The summed E-state index contributed by atoms with van der Waals surface area (Å²) in [5.74, 6) is 0.405. The van der Waals surface area contributed by atoms with Crippen molar-refractivity contribution in [3.8, 4) is 0 Å². The van der Waals surface area contributed by atoms with Crippen LogP contribution in [-0.4, -0.2) is 21.1 Å². The smallest absolute Gasteiger partial charge is 0.421 e. The van der Waals surface area contributed by atoms with E-state index in [1.54, 1.807) is 12.1 Å². The van der Waals surface area contributed by atoms with Crippen LogP contribution in [0.2, 0.25) is 0 Å². The molecule has 1 N–H and O–H groups in total. The van der Waals surface area contributed by atoms with Crippen LogP contribution in [-0.2, 0) is 14.8 Å². The summed E-state index contributed by atoms with van der Waals surface area (Å²) in [6, 6.07) is 6.26. The third-order valence-corrected chi connectivity index (χ3v) is 4.93. The molecule has 0 aliphatic carbocycles. The highest BCUT2D eigenvalue weighted by Crippen LogP contribution is 2.13. The van der Waals surface area contributed by atoms with Gasteiger partial charge >= 0.3 is 6.09 Å². The standard InChI is InChI=1S/C18H27NO4S/c1-14(2)6-5-7-15(3)12-13-23-18(20)19-24(21,22)17-10-8-16(4)9-11-17/h6,8-11,15H,5,7,12-13H2,1-4H3,(H,19,20). The van der Waals surface area contributed by atoms with Crippen LogP contribution in [0.15, 0.2) is 40.8 Å². The Balaban J connectivity index is 2.38. The van der Waals surface area contributed by atoms with Crippen LogP contribution in [0.3, 0.4) is 0 Å². The lowest BCUT2D eigenvalue weighted by Crippen LogP contribution is -2.31. The zero-order chi connectivity index (χ0) is 18.2. The molecule has 1 rings (SSSR count). The summed E-state index contributed by atoms with van der Waals surface area (Å²) in [5.41, 5.74) is 2.23. The molecule has 0 spiro atoms. The lowest BCUT2D eigenvalue weighted by Gasteiger charge is -2.11. The summed E-state index contributed by atoms with van der Waals surface area (Å²) < 4.78 is 31.0. The molecule has 1 unspecified atom stereocenters. The normalized spacial score (nSPS) is 12.3. The van der Waals surface area contributed by atoms with E-state index in [-0.39, 0.29) is 11.5 Å². The number of rotatable bonds is 8. The van der Waals surface area contributed by atoms with Gasteiger partial charge in [0.25, 0.3) is 10.0 Å². The van der Waals surface area contributed by atoms with E-state index in [1.807, 2.05) is 11.6 Å². The highest BCUT2D eigenvalue weighted by molar-refractivity contribution is 7.90. The van der Waals surface area contributed by atoms with Crippen molar-refractivity contribution < 1.29 is 17.9 Å². The van der Waals surface area contributed by atoms with Crippen LogP contribution < -0.4 is 4.72 Å². The van der Waals surface area contributed by atoms with Crippen molar-refractivity contribution in [2.45, 2.75) is 51.9 Å². The quantitative estimate of drug-likeness (QED) is 0.712. The third-order valence-electron chi connectivity index (χ3n) is 3.60.